The minimum absolute atomic E-state index is 0.188. The van der Waals surface area contributed by atoms with Gasteiger partial charge < -0.3 is 0 Å². The van der Waals surface area contributed by atoms with Crippen LogP contribution in [0.4, 0.5) is 0 Å². The Labute approximate surface area is 137 Å². The molecule has 3 aromatic rings. The zero-order valence-corrected chi connectivity index (χ0v) is 14.5. The van der Waals surface area contributed by atoms with E-state index in [0.29, 0.717) is 0 Å². The van der Waals surface area contributed by atoms with Crippen molar-refractivity contribution in [1.82, 2.24) is 0 Å². The Balaban J connectivity index is 2.09. The summed E-state index contributed by atoms with van der Waals surface area (Å²) < 4.78 is 2.44. The topological polar surface area (TPSA) is 0 Å². The van der Waals surface area contributed by atoms with Crippen LogP contribution in [0.15, 0.2) is 52.3 Å². The molecule has 0 spiro atoms. The largest absolute Gasteiger partial charge is 0.142 e. The molecule has 1 aromatic heterocycles. The van der Waals surface area contributed by atoms with E-state index in [1.165, 1.54) is 21.2 Å². The Kier molecular flexibility index (Phi) is 3.99. The van der Waals surface area contributed by atoms with Gasteiger partial charge in [-0.3, -0.25) is 0 Å². The summed E-state index contributed by atoms with van der Waals surface area (Å²) in [5.74, 6) is 0. The van der Waals surface area contributed by atoms with Crippen LogP contribution in [-0.4, -0.2) is 0 Å². The molecule has 0 radical (unpaired) electrons. The number of fused-ring (bicyclic) bond motifs is 1. The Bertz CT molecular complexity index is 719. The second-order valence-electron chi connectivity index (χ2n) is 4.22. The van der Waals surface area contributed by atoms with E-state index in [1.807, 2.05) is 12.1 Å². The lowest BCUT2D eigenvalue weighted by Crippen LogP contribution is -1.90. The van der Waals surface area contributed by atoms with Crippen molar-refractivity contribution >= 4 is 64.9 Å². The molecule has 0 saturated carbocycles. The van der Waals surface area contributed by atoms with Crippen LogP contribution in [0.2, 0.25) is 5.02 Å². The first-order chi connectivity index (χ1) is 9.16. The molecule has 0 amide bonds. The average Bonchev–Trinajstić information content (AvgIpc) is 2.84. The summed E-state index contributed by atoms with van der Waals surface area (Å²) in [6.07, 6.45) is 0. The predicted octanol–water partition coefficient (Wildman–Crippen LogP) is 6.80. The van der Waals surface area contributed by atoms with Crippen LogP contribution in [0.1, 0.15) is 16.0 Å². The molecule has 1 heterocycles. The molecule has 0 fully saturated rings. The van der Waals surface area contributed by atoms with E-state index in [1.54, 1.807) is 11.3 Å². The van der Waals surface area contributed by atoms with Crippen molar-refractivity contribution in [1.29, 1.82) is 0 Å². The summed E-state index contributed by atoms with van der Waals surface area (Å²) in [4.78, 5) is 0.188. The van der Waals surface area contributed by atoms with Crippen LogP contribution in [0.3, 0.4) is 0 Å². The molecule has 1 unspecified atom stereocenters. The highest BCUT2D eigenvalue weighted by molar-refractivity contribution is 9.10. The van der Waals surface area contributed by atoms with Crippen molar-refractivity contribution < 1.29 is 0 Å². The third kappa shape index (κ3) is 2.62. The number of hydrogen-bond acceptors (Lipinski definition) is 1. The number of thiophene rings is 1. The molecular formula is C15H9Br2ClS. The summed E-state index contributed by atoms with van der Waals surface area (Å²) in [6.45, 7) is 0. The van der Waals surface area contributed by atoms with Crippen LogP contribution in [-0.2, 0) is 0 Å². The quantitative estimate of drug-likeness (QED) is 0.403. The fourth-order valence-corrected chi connectivity index (χ4v) is 4.68. The average molecular weight is 417 g/mol. The summed E-state index contributed by atoms with van der Waals surface area (Å²) in [5, 5.41) is 4.27. The van der Waals surface area contributed by atoms with Crippen LogP contribution >= 0.6 is 54.8 Å². The molecule has 0 aliphatic rings. The molecule has 0 saturated heterocycles. The molecule has 0 aliphatic carbocycles. The molecule has 19 heavy (non-hydrogen) atoms. The van der Waals surface area contributed by atoms with Gasteiger partial charge in [0.25, 0.3) is 0 Å². The van der Waals surface area contributed by atoms with Crippen molar-refractivity contribution in [2.75, 3.05) is 0 Å². The Morgan fingerprint density at radius 1 is 1.05 bits per heavy atom. The zero-order chi connectivity index (χ0) is 13.4. The van der Waals surface area contributed by atoms with Gasteiger partial charge in [-0.2, -0.15) is 0 Å². The molecule has 4 heteroatoms. The Morgan fingerprint density at radius 3 is 2.53 bits per heavy atom. The maximum absolute atomic E-state index is 5.94. The molecule has 0 nitrogen and oxygen atoms in total. The fourth-order valence-electron chi connectivity index (χ4n) is 2.05. The van der Waals surface area contributed by atoms with E-state index in [2.05, 4.69) is 67.6 Å². The van der Waals surface area contributed by atoms with Crippen molar-refractivity contribution in [2.24, 2.45) is 0 Å². The van der Waals surface area contributed by atoms with Gasteiger partial charge in [0, 0.05) is 14.2 Å². The lowest BCUT2D eigenvalue weighted by atomic mass is 10.0. The summed E-state index contributed by atoms with van der Waals surface area (Å²) in [7, 11) is 0. The molecule has 0 bridgehead atoms. The van der Waals surface area contributed by atoms with Crippen molar-refractivity contribution in [3.63, 3.8) is 0 Å². The standard InChI is InChI=1S/C15H9Br2ClS/c16-13-3-1-2-11-12(8-19-15(11)13)14(17)9-4-6-10(18)7-5-9/h1-8,14H. The van der Waals surface area contributed by atoms with Crippen molar-refractivity contribution in [3.05, 3.63) is 68.5 Å². The van der Waals surface area contributed by atoms with E-state index < -0.39 is 0 Å². The lowest BCUT2D eigenvalue weighted by Gasteiger charge is -2.10. The van der Waals surface area contributed by atoms with E-state index in [0.717, 1.165) is 9.50 Å². The van der Waals surface area contributed by atoms with Gasteiger partial charge in [-0.05, 0) is 56.0 Å². The monoisotopic (exact) mass is 414 g/mol. The van der Waals surface area contributed by atoms with Crippen molar-refractivity contribution in [2.45, 2.75) is 4.83 Å². The highest BCUT2D eigenvalue weighted by atomic mass is 79.9. The van der Waals surface area contributed by atoms with E-state index in [-0.39, 0.29) is 4.83 Å². The number of rotatable bonds is 2. The Morgan fingerprint density at radius 2 is 1.79 bits per heavy atom. The van der Waals surface area contributed by atoms with Crippen LogP contribution in [0, 0.1) is 0 Å². The highest BCUT2D eigenvalue weighted by Gasteiger charge is 2.15. The van der Waals surface area contributed by atoms with Gasteiger partial charge in [-0.15, -0.1) is 11.3 Å². The van der Waals surface area contributed by atoms with Crippen molar-refractivity contribution in [3.8, 4) is 0 Å². The summed E-state index contributed by atoms with van der Waals surface area (Å²) in [5.41, 5.74) is 2.51. The second kappa shape index (κ2) is 5.57. The van der Waals surface area contributed by atoms with Crippen LogP contribution in [0.25, 0.3) is 10.1 Å². The van der Waals surface area contributed by atoms with E-state index >= 15 is 0 Å². The zero-order valence-electron chi connectivity index (χ0n) is 9.74. The number of alkyl halides is 1. The third-order valence-electron chi connectivity index (χ3n) is 3.02. The van der Waals surface area contributed by atoms with Gasteiger partial charge in [0.05, 0.1) is 4.83 Å². The molecule has 0 N–H and O–H groups in total. The number of benzene rings is 2. The number of halogens is 3. The van der Waals surface area contributed by atoms with Crippen LogP contribution < -0.4 is 0 Å². The maximum Gasteiger partial charge on any atom is 0.0658 e. The smallest absolute Gasteiger partial charge is 0.0658 e. The first-order valence-electron chi connectivity index (χ1n) is 5.72. The van der Waals surface area contributed by atoms with Gasteiger partial charge in [-0.25, -0.2) is 0 Å². The SMILES string of the molecule is Clc1ccc(C(Br)c2csc3c(Br)cccc23)cc1. The van der Waals surface area contributed by atoms with Crippen LogP contribution in [0.5, 0.6) is 0 Å². The van der Waals surface area contributed by atoms with Gasteiger partial charge in [-0.1, -0.05) is 51.8 Å². The second-order valence-corrected chi connectivity index (χ2v) is 7.31. The fraction of sp³-hybridized carbons (Fsp3) is 0.0667. The molecule has 0 aliphatic heterocycles. The van der Waals surface area contributed by atoms with Gasteiger partial charge in [0.2, 0.25) is 0 Å². The highest BCUT2D eigenvalue weighted by Crippen LogP contribution is 2.41. The third-order valence-corrected chi connectivity index (χ3v) is 6.26. The first kappa shape index (κ1) is 13.6. The molecule has 96 valence electrons. The maximum atomic E-state index is 5.94. The number of hydrogen-bond donors (Lipinski definition) is 0. The van der Waals surface area contributed by atoms with Gasteiger partial charge in [0.1, 0.15) is 0 Å². The van der Waals surface area contributed by atoms with E-state index in [4.69, 9.17) is 11.6 Å². The predicted molar refractivity (Wildman–Crippen MR) is 91.7 cm³/mol. The van der Waals surface area contributed by atoms with E-state index in [9.17, 15) is 0 Å². The molecule has 3 rings (SSSR count). The molecule has 1 atom stereocenters. The first-order valence-corrected chi connectivity index (χ1v) is 8.68. The van der Waals surface area contributed by atoms with Gasteiger partial charge in [0.15, 0.2) is 0 Å². The lowest BCUT2D eigenvalue weighted by molar-refractivity contribution is 1.21. The van der Waals surface area contributed by atoms with Gasteiger partial charge >= 0.3 is 0 Å². The molecular weight excluding hydrogens is 407 g/mol. The normalized spacial score (nSPS) is 12.8. The minimum Gasteiger partial charge on any atom is -0.142 e. The Hall–Kier alpha value is -0.350. The summed E-state index contributed by atoms with van der Waals surface area (Å²) in [6, 6.07) is 14.3. The summed E-state index contributed by atoms with van der Waals surface area (Å²) >= 11 is 15.1. The minimum atomic E-state index is 0.188. The molecule has 2 aromatic carbocycles.